The summed E-state index contributed by atoms with van der Waals surface area (Å²) < 4.78 is 0. The van der Waals surface area contributed by atoms with Crippen LogP contribution >= 0.6 is 0 Å². The Kier molecular flexibility index (Phi) is 4.64. The first-order valence-electron chi connectivity index (χ1n) is 6.61. The van der Waals surface area contributed by atoms with Crippen molar-refractivity contribution in [1.29, 1.82) is 0 Å². The van der Waals surface area contributed by atoms with Crippen LogP contribution in [0.4, 0.5) is 16.2 Å². The van der Waals surface area contributed by atoms with Crippen molar-refractivity contribution in [2.24, 2.45) is 0 Å². The monoisotopic (exact) mass is 348 g/mol. The molecule has 0 spiro atoms. The van der Waals surface area contributed by atoms with Crippen LogP contribution in [0.25, 0.3) is 0 Å². The largest absolute Gasteiger partial charge is 0.507 e. The van der Waals surface area contributed by atoms with Crippen molar-refractivity contribution in [1.82, 2.24) is 0 Å². The summed E-state index contributed by atoms with van der Waals surface area (Å²) >= 11 is 0. The van der Waals surface area contributed by atoms with Crippen LogP contribution in [0, 0.1) is 0 Å². The van der Waals surface area contributed by atoms with E-state index in [-0.39, 0.29) is 16.9 Å². The van der Waals surface area contributed by atoms with E-state index >= 15 is 0 Å². The second-order valence-electron chi connectivity index (χ2n) is 4.82. The maximum Gasteiger partial charge on any atom is 0.339 e. The first-order valence-corrected chi connectivity index (χ1v) is 6.61. The van der Waals surface area contributed by atoms with Crippen LogP contribution in [0.1, 0.15) is 20.7 Å². The van der Waals surface area contributed by atoms with E-state index < -0.39 is 40.6 Å². The molecule has 0 aromatic heterocycles. The minimum Gasteiger partial charge on any atom is -0.507 e. The average Bonchev–Trinajstić information content (AvgIpc) is 2.53. The van der Waals surface area contributed by atoms with E-state index in [0.29, 0.717) is 6.29 Å². The summed E-state index contributed by atoms with van der Waals surface area (Å²) in [5.74, 6) is -3.75. The van der Waals surface area contributed by atoms with Crippen LogP contribution in [-0.4, -0.2) is 43.8 Å². The molecule has 0 atom stereocenters. The molecule has 2 aromatic carbocycles. The normalized spacial score (nSPS) is 10.1. The van der Waals surface area contributed by atoms with E-state index in [1.165, 1.54) is 0 Å². The van der Waals surface area contributed by atoms with Gasteiger partial charge in [0.1, 0.15) is 28.6 Å². The van der Waals surface area contributed by atoms with Crippen LogP contribution < -0.4 is 10.6 Å². The zero-order valence-electron chi connectivity index (χ0n) is 12.3. The number of urea groups is 1. The Morgan fingerprint density at radius 3 is 1.84 bits per heavy atom. The van der Waals surface area contributed by atoms with Crippen molar-refractivity contribution >= 4 is 29.7 Å². The van der Waals surface area contributed by atoms with Gasteiger partial charge in [-0.1, -0.05) is 0 Å². The highest BCUT2D eigenvalue weighted by atomic mass is 16.4. The lowest BCUT2D eigenvalue weighted by molar-refractivity contribution is 0.0693. The molecule has 0 bridgehead atoms. The fraction of sp³-hybridized carbons (Fsp3) is 0. The molecule has 0 unspecified atom stereocenters. The number of hydrogen-bond acceptors (Lipinski definition) is 7. The van der Waals surface area contributed by atoms with Gasteiger partial charge in [-0.2, -0.15) is 0 Å². The van der Waals surface area contributed by atoms with Crippen molar-refractivity contribution in [3.05, 3.63) is 35.4 Å². The van der Waals surface area contributed by atoms with Gasteiger partial charge >= 0.3 is 12.0 Å². The Labute approximate surface area is 139 Å². The summed E-state index contributed by atoms with van der Waals surface area (Å²) in [5.41, 5.74) is -1.27. The highest BCUT2D eigenvalue weighted by molar-refractivity contribution is 6.03. The van der Waals surface area contributed by atoms with Crippen LogP contribution in [0.5, 0.6) is 23.0 Å². The third kappa shape index (κ3) is 3.69. The molecule has 10 nitrogen and oxygen atoms in total. The molecule has 0 aliphatic carbocycles. The molecule has 2 aromatic rings. The van der Waals surface area contributed by atoms with E-state index in [2.05, 4.69) is 10.6 Å². The van der Waals surface area contributed by atoms with Crippen molar-refractivity contribution in [2.45, 2.75) is 0 Å². The number of benzene rings is 2. The SMILES string of the molecule is O=Cc1cc(O)c(NC(=O)Nc2cc(O)c(C(=O)O)cc2O)cc1O. The topological polar surface area (TPSA) is 176 Å². The zero-order valence-corrected chi connectivity index (χ0v) is 12.3. The van der Waals surface area contributed by atoms with Gasteiger partial charge in [0.25, 0.3) is 0 Å². The third-order valence-corrected chi connectivity index (χ3v) is 3.11. The van der Waals surface area contributed by atoms with Gasteiger partial charge in [0, 0.05) is 18.2 Å². The van der Waals surface area contributed by atoms with Gasteiger partial charge in [-0.3, -0.25) is 4.79 Å². The number of nitrogens with one attached hydrogen (secondary N) is 2. The molecule has 0 saturated carbocycles. The van der Waals surface area contributed by atoms with Gasteiger partial charge in [-0.15, -0.1) is 0 Å². The predicted molar refractivity (Wildman–Crippen MR) is 84.5 cm³/mol. The molecular weight excluding hydrogens is 336 g/mol. The van der Waals surface area contributed by atoms with E-state index in [9.17, 15) is 34.8 Å². The summed E-state index contributed by atoms with van der Waals surface area (Å²) in [6, 6.07) is 2.46. The molecule has 10 heteroatoms. The fourth-order valence-electron chi connectivity index (χ4n) is 1.91. The molecule has 0 fully saturated rings. The van der Waals surface area contributed by atoms with Gasteiger partial charge in [0.15, 0.2) is 6.29 Å². The molecule has 25 heavy (non-hydrogen) atoms. The molecular formula is C15H12N2O8. The number of amides is 2. The Morgan fingerprint density at radius 2 is 1.32 bits per heavy atom. The number of carbonyl (C=O) groups excluding carboxylic acids is 2. The Bertz CT molecular complexity index is 878. The summed E-state index contributed by atoms with van der Waals surface area (Å²) in [4.78, 5) is 33.3. The number of rotatable bonds is 4. The number of aromatic hydroxyl groups is 4. The molecule has 0 heterocycles. The summed E-state index contributed by atoms with van der Waals surface area (Å²) in [6.07, 6.45) is 0.309. The van der Waals surface area contributed by atoms with Gasteiger partial charge in [-0.05, 0) is 6.07 Å². The first kappa shape index (κ1) is 17.4. The van der Waals surface area contributed by atoms with Gasteiger partial charge < -0.3 is 36.2 Å². The summed E-state index contributed by atoms with van der Waals surface area (Å²) in [7, 11) is 0. The molecule has 0 aliphatic rings. The molecule has 2 rings (SSSR count). The first-order chi connectivity index (χ1) is 11.7. The average molecular weight is 348 g/mol. The highest BCUT2D eigenvalue weighted by Crippen LogP contribution is 2.33. The molecule has 0 aliphatic heterocycles. The maximum absolute atomic E-state index is 11.9. The molecule has 0 saturated heterocycles. The number of carbonyl (C=O) groups is 3. The smallest absolute Gasteiger partial charge is 0.339 e. The van der Waals surface area contributed by atoms with Gasteiger partial charge in [0.2, 0.25) is 0 Å². The van der Waals surface area contributed by atoms with Crippen molar-refractivity contribution < 1.29 is 39.9 Å². The lowest BCUT2D eigenvalue weighted by atomic mass is 10.1. The fourth-order valence-corrected chi connectivity index (χ4v) is 1.91. The lowest BCUT2D eigenvalue weighted by Gasteiger charge is -2.12. The zero-order chi connectivity index (χ0) is 18.7. The quantitative estimate of drug-likeness (QED) is 0.248. The van der Waals surface area contributed by atoms with Crippen LogP contribution in [-0.2, 0) is 0 Å². The minimum atomic E-state index is -1.47. The van der Waals surface area contributed by atoms with Crippen LogP contribution in [0.2, 0.25) is 0 Å². The highest BCUT2D eigenvalue weighted by Gasteiger charge is 2.17. The van der Waals surface area contributed by atoms with E-state index in [1.54, 1.807) is 0 Å². The number of aromatic carboxylic acids is 1. The van der Waals surface area contributed by atoms with E-state index in [4.69, 9.17) is 5.11 Å². The number of anilines is 2. The standard InChI is InChI=1S/C15H12N2O8/c18-5-6-1-12(21)8(3-10(6)19)16-15(25)17-9-4-11(20)7(14(23)24)2-13(9)22/h1-5,19-22H,(H,23,24)(H2,16,17,25). The van der Waals surface area contributed by atoms with Crippen LogP contribution in [0.3, 0.4) is 0 Å². The summed E-state index contributed by atoms with van der Waals surface area (Å²) in [6.45, 7) is 0. The van der Waals surface area contributed by atoms with Gasteiger partial charge in [0.05, 0.1) is 16.9 Å². The number of hydrogen-bond donors (Lipinski definition) is 7. The van der Waals surface area contributed by atoms with Gasteiger partial charge in [-0.25, -0.2) is 9.59 Å². The second kappa shape index (κ2) is 6.66. The molecule has 0 radical (unpaired) electrons. The van der Waals surface area contributed by atoms with Crippen molar-refractivity contribution in [3.8, 4) is 23.0 Å². The lowest BCUT2D eigenvalue weighted by Crippen LogP contribution is -2.19. The maximum atomic E-state index is 11.9. The molecule has 2 amide bonds. The van der Waals surface area contributed by atoms with Crippen molar-refractivity contribution in [2.75, 3.05) is 10.6 Å². The predicted octanol–water partition coefficient (Wildman–Crippen LogP) is 1.66. The Hall–Kier alpha value is -3.95. The third-order valence-electron chi connectivity index (χ3n) is 3.11. The molecule has 7 N–H and O–H groups in total. The van der Waals surface area contributed by atoms with E-state index in [1.807, 2.05) is 0 Å². The minimum absolute atomic E-state index is 0.185. The second-order valence-corrected chi connectivity index (χ2v) is 4.82. The Morgan fingerprint density at radius 1 is 0.800 bits per heavy atom. The Balaban J connectivity index is 2.21. The number of carboxylic acids is 1. The number of aldehydes is 1. The van der Waals surface area contributed by atoms with Crippen LogP contribution in [0.15, 0.2) is 24.3 Å². The van der Waals surface area contributed by atoms with Crippen molar-refractivity contribution in [3.63, 3.8) is 0 Å². The van der Waals surface area contributed by atoms with E-state index in [0.717, 1.165) is 24.3 Å². The number of phenols is 4. The molecule has 130 valence electrons. The number of phenolic OH excluding ortho intramolecular Hbond substituents is 3. The number of carboxylic acid groups (broad SMARTS) is 1. The summed E-state index contributed by atoms with van der Waals surface area (Å²) in [5, 5.41) is 51.6.